The Bertz CT molecular complexity index is 1800. The molecule has 0 fully saturated rings. The molecule has 5 atom stereocenters. The molecule has 0 spiro atoms. The third-order valence-corrected chi connectivity index (χ3v) is 18.5. The molecule has 0 aliphatic rings. The van der Waals surface area contributed by atoms with Crippen LogP contribution >= 0.6 is 15.6 Å². The second kappa shape index (κ2) is 61.6. The number of aliphatic hydroxyl groups is 1. The van der Waals surface area contributed by atoms with Gasteiger partial charge in [-0.3, -0.25) is 37.3 Å². The first-order valence-corrected chi connectivity index (χ1v) is 40.2. The molecule has 0 aliphatic heterocycles. The van der Waals surface area contributed by atoms with E-state index in [-0.39, 0.29) is 25.7 Å². The summed E-state index contributed by atoms with van der Waals surface area (Å²) in [6.07, 6.45) is 44.6. The predicted octanol–water partition coefficient (Wildman–Crippen LogP) is 20.5. The van der Waals surface area contributed by atoms with Crippen LogP contribution in [0.5, 0.6) is 0 Å². The fourth-order valence-corrected chi connectivity index (χ4v) is 12.4. The highest BCUT2D eigenvalue weighted by molar-refractivity contribution is 7.47. The maximum absolute atomic E-state index is 13.0. The van der Waals surface area contributed by atoms with E-state index < -0.39 is 97.5 Å². The van der Waals surface area contributed by atoms with Crippen molar-refractivity contribution in [2.45, 2.75) is 375 Å². The van der Waals surface area contributed by atoms with Crippen LogP contribution in [0.25, 0.3) is 0 Å². The zero-order valence-electron chi connectivity index (χ0n) is 59.5. The van der Waals surface area contributed by atoms with E-state index in [1.807, 2.05) is 0 Å². The standard InChI is InChI=1S/C72H140O17P2/c1-62(2)48-40-32-24-18-14-11-9-10-12-16-21-28-38-46-54-71(76)88-68(59-83-70(75)53-45-37-31-30-35-43-51-65(7)8)61-87-91(80,81)85-57-66(73)56-84-90(78,79)86-60-67(89-72(77)55-47-39-29-23-22-26-34-42-50-64(5)6)58-82-69(74)52-44-36-27-20-17-13-15-19-25-33-41-49-63(3)4/h62-68,73H,9-61H2,1-8H3,(H,78,79)(H,80,81)/t66-,67-,68-/m1/s1. The Morgan fingerprint density at radius 1 is 0.275 bits per heavy atom. The van der Waals surface area contributed by atoms with Crippen LogP contribution in [-0.4, -0.2) is 96.7 Å². The number of hydrogen-bond acceptors (Lipinski definition) is 15. The Labute approximate surface area is 556 Å². The number of ether oxygens (including phenoxy) is 4. The van der Waals surface area contributed by atoms with E-state index in [0.29, 0.717) is 31.6 Å². The molecule has 0 heterocycles. The molecule has 0 rings (SSSR count). The molecule has 3 N–H and O–H groups in total. The fourth-order valence-electron chi connectivity index (χ4n) is 10.8. The van der Waals surface area contributed by atoms with Crippen LogP contribution in [0.2, 0.25) is 0 Å². The van der Waals surface area contributed by atoms with E-state index in [1.165, 1.54) is 154 Å². The van der Waals surface area contributed by atoms with Crippen LogP contribution in [0.15, 0.2) is 0 Å². The monoisotopic (exact) mass is 1340 g/mol. The van der Waals surface area contributed by atoms with Crippen LogP contribution in [-0.2, 0) is 65.4 Å². The van der Waals surface area contributed by atoms with Crippen molar-refractivity contribution in [2.75, 3.05) is 39.6 Å². The van der Waals surface area contributed by atoms with Crippen molar-refractivity contribution in [1.82, 2.24) is 0 Å². The van der Waals surface area contributed by atoms with Gasteiger partial charge in [0.2, 0.25) is 0 Å². The molecule has 0 aromatic rings. The number of aliphatic hydroxyl groups excluding tert-OH is 1. The third-order valence-electron chi connectivity index (χ3n) is 16.6. The van der Waals surface area contributed by atoms with Gasteiger partial charge in [0.05, 0.1) is 26.4 Å². The fraction of sp³-hybridized carbons (Fsp3) is 0.944. The summed E-state index contributed by atoms with van der Waals surface area (Å²) in [5.41, 5.74) is 0. The van der Waals surface area contributed by atoms with E-state index in [2.05, 4.69) is 55.4 Å². The molecule has 0 aliphatic carbocycles. The van der Waals surface area contributed by atoms with Crippen molar-refractivity contribution in [1.29, 1.82) is 0 Å². The number of esters is 4. The Morgan fingerprint density at radius 2 is 0.462 bits per heavy atom. The van der Waals surface area contributed by atoms with E-state index in [9.17, 15) is 43.2 Å². The van der Waals surface area contributed by atoms with Crippen molar-refractivity contribution in [2.24, 2.45) is 23.7 Å². The first kappa shape index (κ1) is 89.1. The van der Waals surface area contributed by atoms with E-state index >= 15 is 0 Å². The topological polar surface area (TPSA) is 237 Å². The number of carbonyl (C=O) groups excluding carboxylic acids is 4. The zero-order chi connectivity index (χ0) is 67.5. The molecule has 540 valence electrons. The van der Waals surface area contributed by atoms with E-state index in [4.69, 9.17) is 37.0 Å². The number of carbonyl (C=O) groups is 4. The normalized spacial score (nSPS) is 14.2. The van der Waals surface area contributed by atoms with Gasteiger partial charge in [0.1, 0.15) is 19.3 Å². The highest BCUT2D eigenvalue weighted by Gasteiger charge is 2.30. The van der Waals surface area contributed by atoms with Crippen molar-refractivity contribution in [3.05, 3.63) is 0 Å². The summed E-state index contributed by atoms with van der Waals surface area (Å²) >= 11 is 0. The summed E-state index contributed by atoms with van der Waals surface area (Å²) in [4.78, 5) is 72.6. The minimum absolute atomic E-state index is 0.104. The van der Waals surface area contributed by atoms with Crippen LogP contribution in [0.1, 0.15) is 357 Å². The van der Waals surface area contributed by atoms with Gasteiger partial charge in [-0.15, -0.1) is 0 Å². The maximum atomic E-state index is 13.0. The summed E-state index contributed by atoms with van der Waals surface area (Å²) in [5.74, 6) is 0.835. The summed E-state index contributed by atoms with van der Waals surface area (Å²) in [7, 11) is -9.90. The number of phosphoric acid groups is 2. The van der Waals surface area contributed by atoms with Gasteiger partial charge in [0.15, 0.2) is 12.2 Å². The Balaban J connectivity index is 5.21. The van der Waals surface area contributed by atoms with Gasteiger partial charge >= 0.3 is 39.5 Å². The second-order valence-corrected chi connectivity index (χ2v) is 30.8. The number of unbranched alkanes of at least 4 members (excludes halogenated alkanes) is 35. The molecule has 0 bridgehead atoms. The average Bonchev–Trinajstić information content (AvgIpc) is 1.95. The number of hydrogen-bond donors (Lipinski definition) is 3. The van der Waals surface area contributed by atoms with Gasteiger partial charge in [-0.2, -0.15) is 0 Å². The molecule has 91 heavy (non-hydrogen) atoms. The van der Waals surface area contributed by atoms with Crippen LogP contribution in [0, 0.1) is 23.7 Å². The van der Waals surface area contributed by atoms with Crippen molar-refractivity contribution < 1.29 is 80.2 Å². The lowest BCUT2D eigenvalue weighted by atomic mass is 10.0. The first-order chi connectivity index (χ1) is 43.6. The van der Waals surface area contributed by atoms with E-state index in [1.54, 1.807) is 0 Å². The molecule has 0 aromatic heterocycles. The van der Waals surface area contributed by atoms with Gasteiger partial charge in [-0.05, 0) is 49.4 Å². The quantitative estimate of drug-likeness (QED) is 0.0222. The molecule has 0 radical (unpaired) electrons. The van der Waals surface area contributed by atoms with Gasteiger partial charge in [-0.25, -0.2) is 9.13 Å². The van der Waals surface area contributed by atoms with Crippen LogP contribution in [0.4, 0.5) is 0 Å². The smallest absolute Gasteiger partial charge is 0.462 e. The largest absolute Gasteiger partial charge is 0.472 e. The van der Waals surface area contributed by atoms with Crippen LogP contribution < -0.4 is 0 Å². The SMILES string of the molecule is CC(C)CCCCCCCCCCCCCCCCC(=O)O[C@H](COC(=O)CCCCCCCCC(C)C)COP(=O)(O)OC[C@H](O)COP(=O)(O)OC[C@@H](COC(=O)CCCCCCCCCCCCCC(C)C)OC(=O)CCCCCCCCCCC(C)C. The molecule has 19 heteroatoms. The molecule has 0 amide bonds. The van der Waals surface area contributed by atoms with Gasteiger partial charge < -0.3 is 33.8 Å². The summed E-state index contributed by atoms with van der Waals surface area (Å²) in [6.45, 7) is 14.1. The Hall–Kier alpha value is -1.94. The molecular formula is C72H140O17P2. The summed E-state index contributed by atoms with van der Waals surface area (Å²) in [5, 5.41) is 10.6. The van der Waals surface area contributed by atoms with Gasteiger partial charge in [-0.1, -0.05) is 306 Å². The maximum Gasteiger partial charge on any atom is 0.472 e. The predicted molar refractivity (Wildman–Crippen MR) is 367 cm³/mol. The Morgan fingerprint density at radius 3 is 0.681 bits per heavy atom. The van der Waals surface area contributed by atoms with Crippen molar-refractivity contribution in [3.8, 4) is 0 Å². The first-order valence-electron chi connectivity index (χ1n) is 37.2. The highest BCUT2D eigenvalue weighted by Crippen LogP contribution is 2.45. The third kappa shape index (κ3) is 66.5. The lowest BCUT2D eigenvalue weighted by Crippen LogP contribution is -2.30. The lowest BCUT2D eigenvalue weighted by molar-refractivity contribution is -0.161. The molecule has 0 aromatic carbocycles. The lowest BCUT2D eigenvalue weighted by Gasteiger charge is -2.21. The molecule has 0 saturated heterocycles. The second-order valence-electron chi connectivity index (χ2n) is 27.9. The van der Waals surface area contributed by atoms with Crippen molar-refractivity contribution in [3.63, 3.8) is 0 Å². The summed E-state index contributed by atoms with van der Waals surface area (Å²) < 4.78 is 68.3. The van der Waals surface area contributed by atoms with Crippen molar-refractivity contribution >= 4 is 39.5 Å². The summed E-state index contributed by atoms with van der Waals surface area (Å²) in [6, 6.07) is 0. The average molecular weight is 1340 g/mol. The minimum Gasteiger partial charge on any atom is -0.462 e. The minimum atomic E-state index is -4.95. The zero-order valence-corrected chi connectivity index (χ0v) is 61.3. The van der Waals surface area contributed by atoms with Gasteiger partial charge in [0.25, 0.3) is 0 Å². The van der Waals surface area contributed by atoms with E-state index in [0.717, 1.165) is 114 Å². The number of rotatable bonds is 69. The van der Waals surface area contributed by atoms with Crippen LogP contribution in [0.3, 0.4) is 0 Å². The molecule has 17 nitrogen and oxygen atoms in total. The number of phosphoric ester groups is 2. The molecule has 0 saturated carbocycles. The molecular weight excluding hydrogens is 1200 g/mol. The van der Waals surface area contributed by atoms with Gasteiger partial charge in [0, 0.05) is 25.7 Å². The highest BCUT2D eigenvalue weighted by atomic mass is 31.2. The Kier molecular flexibility index (Phi) is 60.3. The molecule has 2 unspecified atom stereocenters.